The fraction of sp³-hybridized carbons (Fsp3) is 0.367. The first-order chi connectivity index (χ1) is 16.2. The monoisotopic (exact) mass is 442 g/mol. The summed E-state index contributed by atoms with van der Waals surface area (Å²) in [5.41, 5.74) is 8.46. The highest BCUT2D eigenvalue weighted by Gasteiger charge is 2.43. The first-order valence-corrected chi connectivity index (χ1v) is 12.4. The number of amides is 2. The van der Waals surface area contributed by atoms with Gasteiger partial charge in [-0.05, 0) is 23.1 Å². The summed E-state index contributed by atoms with van der Waals surface area (Å²) < 4.78 is 0. The second kappa shape index (κ2) is 12.8. The predicted octanol–water partition coefficient (Wildman–Crippen LogP) is 7.50. The minimum absolute atomic E-state index is 0.394. The average molecular weight is 443 g/mol. The zero-order valence-corrected chi connectivity index (χ0v) is 20.0. The Kier molecular flexibility index (Phi) is 9.56. The molecule has 0 unspecified atom stereocenters. The number of carbonyl (C=O) groups excluding carboxylic acids is 1. The molecule has 33 heavy (non-hydrogen) atoms. The van der Waals surface area contributed by atoms with E-state index in [9.17, 15) is 4.79 Å². The Morgan fingerprint density at radius 2 is 1.00 bits per heavy atom. The van der Waals surface area contributed by atoms with Gasteiger partial charge in [-0.2, -0.15) is 0 Å². The highest BCUT2D eigenvalue weighted by atomic mass is 16.2. The highest BCUT2D eigenvalue weighted by Crippen LogP contribution is 2.42. The van der Waals surface area contributed by atoms with Crippen molar-refractivity contribution in [3.05, 3.63) is 108 Å². The van der Waals surface area contributed by atoms with Crippen LogP contribution in [0.25, 0.3) is 0 Å². The van der Waals surface area contributed by atoms with Crippen LogP contribution in [0.2, 0.25) is 0 Å². The zero-order valence-electron chi connectivity index (χ0n) is 20.0. The van der Waals surface area contributed by atoms with Crippen molar-refractivity contribution in [2.24, 2.45) is 5.73 Å². The Morgan fingerprint density at radius 3 is 1.36 bits per heavy atom. The molecule has 0 aliphatic rings. The van der Waals surface area contributed by atoms with E-state index < -0.39 is 11.6 Å². The summed E-state index contributed by atoms with van der Waals surface area (Å²) in [6, 6.07) is 30.4. The summed E-state index contributed by atoms with van der Waals surface area (Å²) in [6.07, 6.45) is 9.72. The van der Waals surface area contributed by atoms with Crippen LogP contribution in [0, 0.1) is 0 Å². The standard InChI is InChI=1S/C30H38N2O/c1-2-3-4-5-6-7-8-18-25-32(29(31)33)30(26-19-12-9-13-20-26,27-21-14-10-15-22-27)28-23-16-11-17-24-28/h9-17,19-24H,2-8,18,25H2,1H3,(H2,31,33). The molecule has 0 saturated carbocycles. The van der Waals surface area contributed by atoms with E-state index in [2.05, 4.69) is 43.3 Å². The van der Waals surface area contributed by atoms with E-state index in [1.807, 2.05) is 59.5 Å². The molecule has 3 nitrogen and oxygen atoms in total. The minimum Gasteiger partial charge on any atom is -0.351 e. The van der Waals surface area contributed by atoms with Gasteiger partial charge in [0.25, 0.3) is 0 Å². The first kappa shape index (κ1) is 24.6. The minimum atomic E-state index is -0.781. The zero-order chi connectivity index (χ0) is 23.4. The van der Waals surface area contributed by atoms with Crippen molar-refractivity contribution in [3.8, 4) is 0 Å². The van der Waals surface area contributed by atoms with Gasteiger partial charge in [-0.25, -0.2) is 4.79 Å². The van der Waals surface area contributed by atoms with E-state index in [1.165, 1.54) is 38.5 Å². The number of benzene rings is 3. The van der Waals surface area contributed by atoms with Gasteiger partial charge in [0, 0.05) is 6.54 Å². The van der Waals surface area contributed by atoms with Crippen LogP contribution in [-0.4, -0.2) is 17.5 Å². The molecule has 3 heteroatoms. The molecule has 0 fully saturated rings. The van der Waals surface area contributed by atoms with Gasteiger partial charge in [-0.3, -0.25) is 0 Å². The lowest BCUT2D eigenvalue weighted by Gasteiger charge is -2.45. The van der Waals surface area contributed by atoms with Crippen LogP contribution in [-0.2, 0) is 5.54 Å². The van der Waals surface area contributed by atoms with Gasteiger partial charge in [0.1, 0.15) is 5.54 Å². The van der Waals surface area contributed by atoms with E-state index in [0.717, 1.165) is 29.5 Å². The fourth-order valence-corrected chi connectivity index (χ4v) is 4.85. The second-order valence-electron chi connectivity index (χ2n) is 8.77. The number of rotatable bonds is 13. The third-order valence-electron chi connectivity index (χ3n) is 6.48. The quantitative estimate of drug-likeness (QED) is 0.216. The summed E-state index contributed by atoms with van der Waals surface area (Å²) >= 11 is 0. The largest absolute Gasteiger partial charge is 0.351 e. The SMILES string of the molecule is CCCCCCCCCCN(C(N)=O)C(c1ccccc1)(c1ccccc1)c1ccccc1. The van der Waals surface area contributed by atoms with Gasteiger partial charge in [-0.1, -0.05) is 143 Å². The average Bonchev–Trinajstić information content (AvgIpc) is 2.86. The lowest BCUT2D eigenvalue weighted by Crippen LogP contribution is -2.53. The van der Waals surface area contributed by atoms with E-state index >= 15 is 0 Å². The molecule has 0 saturated heterocycles. The molecule has 3 rings (SSSR count). The van der Waals surface area contributed by atoms with Gasteiger partial charge < -0.3 is 10.6 Å². The Labute approximate surface area is 199 Å². The summed E-state index contributed by atoms with van der Waals surface area (Å²) in [5, 5.41) is 0. The third kappa shape index (κ3) is 6.04. The summed E-state index contributed by atoms with van der Waals surface area (Å²) in [7, 11) is 0. The molecule has 3 aromatic rings. The first-order valence-electron chi connectivity index (χ1n) is 12.4. The molecule has 0 spiro atoms. The third-order valence-corrected chi connectivity index (χ3v) is 6.48. The molecule has 174 valence electrons. The summed E-state index contributed by atoms with van der Waals surface area (Å²) in [5.74, 6) is 0. The molecule has 0 radical (unpaired) electrons. The van der Waals surface area contributed by atoms with Crippen LogP contribution < -0.4 is 5.73 Å². The van der Waals surface area contributed by atoms with Crippen molar-refractivity contribution in [2.75, 3.05) is 6.54 Å². The number of urea groups is 1. The normalized spacial score (nSPS) is 11.3. The highest BCUT2D eigenvalue weighted by molar-refractivity contribution is 5.76. The molecular formula is C30H38N2O. The number of nitrogens with two attached hydrogens (primary N) is 1. The molecular weight excluding hydrogens is 404 g/mol. The van der Waals surface area contributed by atoms with E-state index in [-0.39, 0.29) is 0 Å². The van der Waals surface area contributed by atoms with E-state index in [4.69, 9.17) is 5.73 Å². The lowest BCUT2D eigenvalue weighted by molar-refractivity contribution is 0.162. The topological polar surface area (TPSA) is 46.3 Å². The smallest absolute Gasteiger partial charge is 0.316 e. The van der Waals surface area contributed by atoms with E-state index in [1.54, 1.807) is 0 Å². The van der Waals surface area contributed by atoms with Crippen molar-refractivity contribution < 1.29 is 4.79 Å². The predicted molar refractivity (Wildman–Crippen MR) is 138 cm³/mol. The molecule has 0 aliphatic carbocycles. The summed E-state index contributed by atoms with van der Waals surface area (Å²) in [4.78, 5) is 14.9. The molecule has 2 N–H and O–H groups in total. The lowest BCUT2D eigenvalue weighted by atomic mass is 9.75. The number of unbranched alkanes of at least 4 members (excludes halogenated alkanes) is 7. The van der Waals surface area contributed by atoms with Gasteiger partial charge in [0.2, 0.25) is 0 Å². The van der Waals surface area contributed by atoms with Crippen LogP contribution >= 0.6 is 0 Å². The van der Waals surface area contributed by atoms with Crippen LogP contribution in [0.4, 0.5) is 4.79 Å². The van der Waals surface area contributed by atoms with Gasteiger partial charge in [0.05, 0.1) is 0 Å². The molecule has 0 bridgehead atoms. The maximum absolute atomic E-state index is 13.1. The number of hydrogen-bond acceptors (Lipinski definition) is 1. The molecule has 0 aliphatic heterocycles. The maximum Gasteiger partial charge on any atom is 0.316 e. The Bertz CT molecular complexity index is 844. The molecule has 3 aromatic carbocycles. The number of hydrogen-bond donors (Lipinski definition) is 1. The Balaban J connectivity index is 1.96. The molecule has 0 aromatic heterocycles. The van der Waals surface area contributed by atoms with Crippen LogP contribution in [0.3, 0.4) is 0 Å². The number of nitrogens with zero attached hydrogens (tertiary/aromatic N) is 1. The molecule has 0 atom stereocenters. The van der Waals surface area contributed by atoms with Gasteiger partial charge in [0.15, 0.2) is 0 Å². The van der Waals surface area contributed by atoms with Crippen molar-refractivity contribution >= 4 is 6.03 Å². The maximum atomic E-state index is 13.1. The number of carbonyl (C=O) groups is 1. The van der Waals surface area contributed by atoms with Gasteiger partial charge >= 0.3 is 6.03 Å². The second-order valence-corrected chi connectivity index (χ2v) is 8.77. The van der Waals surface area contributed by atoms with Crippen molar-refractivity contribution in [1.82, 2.24) is 4.90 Å². The van der Waals surface area contributed by atoms with Crippen LogP contribution in [0.5, 0.6) is 0 Å². The molecule has 0 heterocycles. The van der Waals surface area contributed by atoms with E-state index in [0.29, 0.717) is 6.54 Å². The fourth-order valence-electron chi connectivity index (χ4n) is 4.85. The van der Waals surface area contributed by atoms with Gasteiger partial charge in [-0.15, -0.1) is 0 Å². The van der Waals surface area contributed by atoms with Crippen LogP contribution in [0.15, 0.2) is 91.0 Å². The van der Waals surface area contributed by atoms with Crippen LogP contribution in [0.1, 0.15) is 75.0 Å². The Morgan fingerprint density at radius 1 is 0.636 bits per heavy atom. The number of primary amides is 1. The Hall–Kier alpha value is -3.07. The molecule has 2 amide bonds. The van der Waals surface area contributed by atoms with Crippen molar-refractivity contribution in [1.29, 1.82) is 0 Å². The van der Waals surface area contributed by atoms with Crippen molar-refractivity contribution in [3.63, 3.8) is 0 Å². The van der Waals surface area contributed by atoms with Crippen molar-refractivity contribution in [2.45, 2.75) is 63.8 Å². The summed E-state index contributed by atoms with van der Waals surface area (Å²) in [6.45, 7) is 2.86.